The second-order valence-electron chi connectivity index (χ2n) is 7.44. The summed E-state index contributed by atoms with van der Waals surface area (Å²) in [4.78, 5) is 0. The van der Waals surface area contributed by atoms with Gasteiger partial charge in [0.15, 0.2) is 0 Å². The second-order valence-corrected chi connectivity index (χ2v) is 20.6. The van der Waals surface area contributed by atoms with Crippen LogP contribution in [0.1, 0.15) is 19.3 Å². The van der Waals surface area contributed by atoms with Gasteiger partial charge in [0.2, 0.25) is 0 Å². The Morgan fingerprint density at radius 3 is 1.42 bits per heavy atom. The summed E-state index contributed by atoms with van der Waals surface area (Å²) in [5.41, 5.74) is 0. The van der Waals surface area contributed by atoms with E-state index in [0.29, 0.717) is 0 Å². The molecule has 2 N–H and O–H groups in total. The Hall–Kier alpha value is 1.17. The van der Waals surface area contributed by atoms with Crippen LogP contribution < -0.4 is 10.6 Å². The van der Waals surface area contributed by atoms with Crippen LogP contribution in [0, 0.1) is 0 Å². The summed E-state index contributed by atoms with van der Waals surface area (Å²) in [6, 6.07) is 0. The molecule has 0 bridgehead atoms. The fourth-order valence-electron chi connectivity index (χ4n) is 2.38. The second kappa shape index (κ2) is 9.99. The molecule has 119 valence electrons. The van der Waals surface area contributed by atoms with Crippen LogP contribution >= 0.6 is 24.8 Å². The monoisotopic (exact) mass is 350 g/mol. The molecule has 0 unspecified atom stereocenters. The third kappa shape index (κ3) is 10.5. The van der Waals surface area contributed by atoms with Crippen LogP contribution in [0.25, 0.3) is 0 Å². The van der Waals surface area contributed by atoms with E-state index in [2.05, 4.69) is 34.9 Å². The summed E-state index contributed by atoms with van der Waals surface area (Å²) in [6.45, 7) is 7.25. The van der Waals surface area contributed by atoms with Gasteiger partial charge in [0.1, 0.15) is 0 Å². The fraction of sp³-hybridized carbons (Fsp3) is 1.00. The maximum atomic E-state index is 3.54. The molecule has 0 aromatic heterocycles. The minimum atomic E-state index is -2.25. The molecule has 0 aromatic rings. The van der Waals surface area contributed by atoms with Crippen molar-refractivity contribution >= 4 is 24.8 Å². The number of nitrogens with zero attached hydrogens (tertiary/aromatic N) is 1. The molecule has 0 spiro atoms. The van der Waals surface area contributed by atoms with E-state index in [1.807, 2.05) is 0 Å². The topological polar surface area (TPSA) is 27.3 Å². The Kier molecular flexibility index (Phi) is 11.8. The van der Waals surface area contributed by atoms with Crippen molar-refractivity contribution in [2.24, 2.45) is 0 Å². The summed E-state index contributed by atoms with van der Waals surface area (Å²) in [5, 5.41) is 17.2. The van der Waals surface area contributed by atoms with E-state index in [1.54, 1.807) is 0 Å². The average Bonchev–Trinajstić information content (AvgIpc) is 2.15. The van der Waals surface area contributed by atoms with Gasteiger partial charge >= 0.3 is 109 Å². The van der Waals surface area contributed by atoms with Crippen molar-refractivity contribution in [3.8, 4) is 0 Å². The molecular formula is C13H34Cl2N3Ti. The fourth-order valence-corrected chi connectivity index (χ4v) is 5.67. The molecule has 1 aliphatic rings. The molecule has 6 heteroatoms. The van der Waals surface area contributed by atoms with Crippen LogP contribution in [0.15, 0.2) is 0 Å². The van der Waals surface area contributed by atoms with Crippen molar-refractivity contribution in [1.29, 1.82) is 0 Å². The molecule has 1 heterocycles. The minimum absolute atomic E-state index is 0. The molecule has 0 saturated carbocycles. The zero-order valence-electron chi connectivity index (χ0n) is 13.1. The number of nitrogens with one attached hydrogen (secondary N) is 2. The van der Waals surface area contributed by atoms with E-state index in [9.17, 15) is 0 Å². The summed E-state index contributed by atoms with van der Waals surface area (Å²) < 4.78 is 2.82. The number of halogens is 2. The predicted molar refractivity (Wildman–Crippen MR) is 89.1 cm³/mol. The first-order chi connectivity index (χ1) is 7.86. The van der Waals surface area contributed by atoms with Gasteiger partial charge in [-0.1, -0.05) is 0 Å². The van der Waals surface area contributed by atoms with Crippen LogP contribution in [0.4, 0.5) is 0 Å². The van der Waals surface area contributed by atoms with Crippen LogP contribution in [-0.4, -0.2) is 42.7 Å². The summed E-state index contributed by atoms with van der Waals surface area (Å²) in [6.07, 6.45) is 3.86. The predicted octanol–water partition coefficient (Wildman–Crippen LogP) is 3.29. The first-order valence-electron chi connectivity index (χ1n) is 7.27. The average molecular weight is 351 g/mol. The Bertz CT molecular complexity index is 210. The molecule has 19 heavy (non-hydrogen) atoms. The van der Waals surface area contributed by atoms with Gasteiger partial charge in [-0.05, 0) is 0 Å². The summed E-state index contributed by atoms with van der Waals surface area (Å²) >= 11 is -2.25. The van der Waals surface area contributed by atoms with Crippen molar-refractivity contribution in [3.05, 3.63) is 0 Å². The first-order valence-corrected chi connectivity index (χ1v) is 14.2. The van der Waals surface area contributed by atoms with Gasteiger partial charge in [-0.25, -0.2) is 0 Å². The third-order valence-electron chi connectivity index (χ3n) is 3.54. The van der Waals surface area contributed by atoms with Crippen molar-refractivity contribution < 1.29 is 15.6 Å². The van der Waals surface area contributed by atoms with E-state index in [4.69, 9.17) is 0 Å². The van der Waals surface area contributed by atoms with Gasteiger partial charge in [-0.2, -0.15) is 0 Å². The Balaban J connectivity index is 0. The summed E-state index contributed by atoms with van der Waals surface area (Å²) in [7, 11) is 0. The number of hydrogen-bond donors (Lipinski definition) is 2. The Morgan fingerprint density at radius 2 is 1.05 bits per heavy atom. The van der Waals surface area contributed by atoms with Crippen molar-refractivity contribution in [1.82, 2.24) is 14.0 Å². The zero-order chi connectivity index (χ0) is 12.8. The van der Waals surface area contributed by atoms with Gasteiger partial charge in [-0.3, -0.25) is 0 Å². The molecule has 0 aromatic carbocycles. The van der Waals surface area contributed by atoms with E-state index < -0.39 is 15.6 Å². The maximum absolute atomic E-state index is 3.54. The van der Waals surface area contributed by atoms with Crippen LogP contribution in [0.3, 0.4) is 0 Å². The Morgan fingerprint density at radius 1 is 0.684 bits per heavy atom. The molecule has 0 aliphatic carbocycles. The molecule has 0 radical (unpaired) electrons. The van der Waals surface area contributed by atoms with E-state index in [1.165, 1.54) is 45.4 Å². The zero-order valence-corrected chi connectivity index (χ0v) is 16.3. The molecule has 1 rings (SSSR count). The summed E-state index contributed by atoms with van der Waals surface area (Å²) in [5.74, 6) is 0. The SMILES string of the molecule is Cl.Cl.[CH3][Ti]([CH3])([CH3])([CH3])[N]1CCCNCCCNCCC1. The van der Waals surface area contributed by atoms with Crippen molar-refractivity contribution in [2.75, 3.05) is 39.3 Å². The van der Waals surface area contributed by atoms with Gasteiger partial charge in [0.25, 0.3) is 0 Å². The van der Waals surface area contributed by atoms with Gasteiger partial charge in [0, 0.05) is 0 Å². The van der Waals surface area contributed by atoms with E-state index in [-0.39, 0.29) is 24.8 Å². The van der Waals surface area contributed by atoms with Crippen molar-refractivity contribution in [2.45, 2.75) is 40.2 Å². The molecule has 1 saturated heterocycles. The molecule has 0 atom stereocenters. The standard InChI is InChI=1S/C9H20N3.4CH3.2ClH.Ti/c1-4-10-6-2-8-12-9-3-7-11-5-1;;;;;;;/h10-11H,1-9H2;4*1H3;2*1H;/q-1;;;;;;;+1. The third-order valence-corrected chi connectivity index (χ3v) is 8.18. The van der Waals surface area contributed by atoms with Gasteiger partial charge < -0.3 is 0 Å². The normalized spacial score (nSPS) is 22.6. The van der Waals surface area contributed by atoms with E-state index >= 15 is 0 Å². The molecule has 3 nitrogen and oxygen atoms in total. The van der Waals surface area contributed by atoms with Crippen LogP contribution in [0.5, 0.6) is 0 Å². The molecule has 0 amide bonds. The Labute approximate surface area is 133 Å². The van der Waals surface area contributed by atoms with Gasteiger partial charge in [-0.15, -0.1) is 24.8 Å². The van der Waals surface area contributed by atoms with Crippen LogP contribution in [-0.2, 0) is 15.6 Å². The molecule has 1 fully saturated rings. The first kappa shape index (κ1) is 22.5. The van der Waals surface area contributed by atoms with Gasteiger partial charge in [0.05, 0.1) is 0 Å². The quantitative estimate of drug-likeness (QED) is 0.710. The number of hydrogen-bond acceptors (Lipinski definition) is 3. The van der Waals surface area contributed by atoms with E-state index in [0.717, 1.165) is 13.1 Å². The molecular weight excluding hydrogens is 317 g/mol. The van der Waals surface area contributed by atoms with Crippen molar-refractivity contribution in [3.63, 3.8) is 0 Å². The van der Waals surface area contributed by atoms with Crippen LogP contribution in [0.2, 0.25) is 20.9 Å². The number of rotatable bonds is 1. The molecule has 1 aliphatic heterocycles.